The van der Waals surface area contributed by atoms with Crippen molar-refractivity contribution in [3.8, 4) is 0 Å². The van der Waals surface area contributed by atoms with E-state index in [1.54, 1.807) is 0 Å². The van der Waals surface area contributed by atoms with Crippen molar-refractivity contribution in [1.29, 1.82) is 0 Å². The summed E-state index contributed by atoms with van der Waals surface area (Å²) in [7, 11) is 0. The highest BCUT2D eigenvalue weighted by Crippen LogP contribution is 2.19. The maximum Gasteiger partial charge on any atom is 0.411 e. The van der Waals surface area contributed by atoms with E-state index in [9.17, 15) is 26.3 Å². The Bertz CT molecular complexity index is 364. The number of hydrogen-bond acceptors (Lipinski definition) is 2. The van der Waals surface area contributed by atoms with Crippen LogP contribution < -0.4 is 0 Å². The van der Waals surface area contributed by atoms with Crippen molar-refractivity contribution in [2.45, 2.75) is 44.8 Å². The highest BCUT2D eigenvalue weighted by Gasteiger charge is 2.32. The van der Waals surface area contributed by atoms with Gasteiger partial charge in [0.1, 0.15) is 13.2 Å². The normalized spacial score (nSPS) is 14.1. The summed E-state index contributed by atoms with van der Waals surface area (Å²) in [6, 6.07) is 0. The first-order chi connectivity index (χ1) is 10.6. The summed E-state index contributed by atoms with van der Waals surface area (Å²) in [6.07, 6.45) is 0.884. The fraction of sp³-hybridized carbons (Fsp3) is 0.600. The molecule has 0 aliphatic heterocycles. The third-order valence-electron chi connectivity index (χ3n) is 2.23. The van der Waals surface area contributed by atoms with Crippen LogP contribution in [0.2, 0.25) is 0 Å². The van der Waals surface area contributed by atoms with E-state index in [1.165, 1.54) is 6.08 Å². The van der Waals surface area contributed by atoms with Crippen LogP contribution >= 0.6 is 0 Å². The Morgan fingerprint density at radius 1 is 0.783 bits per heavy atom. The van der Waals surface area contributed by atoms with Crippen molar-refractivity contribution in [3.05, 3.63) is 36.5 Å². The van der Waals surface area contributed by atoms with Crippen molar-refractivity contribution in [2.75, 3.05) is 13.2 Å². The van der Waals surface area contributed by atoms with Gasteiger partial charge in [0.05, 0.1) is 0 Å². The molecule has 0 saturated carbocycles. The minimum atomic E-state index is -4.64. The molecule has 23 heavy (non-hydrogen) atoms. The highest BCUT2D eigenvalue weighted by atomic mass is 19.4. The molecule has 0 heterocycles. The molecule has 0 aromatic rings. The van der Waals surface area contributed by atoms with E-state index >= 15 is 0 Å². The number of allylic oxidation sites excluding steroid dienone is 5. The van der Waals surface area contributed by atoms with Crippen LogP contribution in [0.3, 0.4) is 0 Å². The van der Waals surface area contributed by atoms with Crippen molar-refractivity contribution in [1.82, 2.24) is 0 Å². The molecule has 134 valence electrons. The molecular formula is C15H20F6O2. The van der Waals surface area contributed by atoms with Gasteiger partial charge in [-0.1, -0.05) is 37.3 Å². The maximum absolute atomic E-state index is 12.0. The third-order valence-corrected chi connectivity index (χ3v) is 2.23. The van der Waals surface area contributed by atoms with Gasteiger partial charge in [-0.2, -0.15) is 26.3 Å². The summed E-state index contributed by atoms with van der Waals surface area (Å²) < 4.78 is 80.8. The molecule has 0 unspecified atom stereocenters. The number of ether oxygens (including phenoxy) is 2. The van der Waals surface area contributed by atoms with Gasteiger partial charge in [0.25, 0.3) is 0 Å². The van der Waals surface area contributed by atoms with Gasteiger partial charge < -0.3 is 9.47 Å². The number of halogens is 6. The van der Waals surface area contributed by atoms with Crippen molar-refractivity contribution in [3.63, 3.8) is 0 Å². The van der Waals surface area contributed by atoms with E-state index in [-0.39, 0.29) is 0 Å². The second kappa shape index (κ2) is 11.3. The predicted molar refractivity (Wildman–Crippen MR) is 74.7 cm³/mol. The van der Waals surface area contributed by atoms with E-state index < -0.39 is 31.9 Å². The molecule has 0 N–H and O–H groups in total. The molecule has 0 aliphatic rings. The summed E-state index contributed by atoms with van der Waals surface area (Å²) in [4.78, 5) is 0. The Labute approximate surface area is 131 Å². The molecule has 2 nitrogen and oxygen atoms in total. The van der Waals surface area contributed by atoms with Gasteiger partial charge in [-0.15, -0.1) is 0 Å². The average molecular weight is 346 g/mol. The zero-order valence-electron chi connectivity index (χ0n) is 12.7. The summed E-state index contributed by atoms with van der Waals surface area (Å²) in [5.74, 6) is 0. The van der Waals surface area contributed by atoms with Gasteiger partial charge in [0, 0.05) is 0 Å². The zero-order valence-corrected chi connectivity index (χ0v) is 12.7. The molecule has 8 heteroatoms. The summed E-state index contributed by atoms with van der Waals surface area (Å²) in [6.45, 7) is -1.38. The van der Waals surface area contributed by atoms with Gasteiger partial charge in [0.15, 0.2) is 6.29 Å². The van der Waals surface area contributed by atoms with Crippen LogP contribution in [0.5, 0.6) is 0 Å². The molecule has 0 radical (unpaired) electrons. The minimum absolute atomic E-state index is 0.442. The van der Waals surface area contributed by atoms with E-state index in [4.69, 9.17) is 0 Å². The lowest BCUT2D eigenvalue weighted by Gasteiger charge is -2.17. The van der Waals surface area contributed by atoms with Crippen LogP contribution in [0.25, 0.3) is 0 Å². The van der Waals surface area contributed by atoms with E-state index in [2.05, 4.69) is 9.47 Å². The van der Waals surface area contributed by atoms with Crippen LogP contribution in [-0.4, -0.2) is 31.9 Å². The topological polar surface area (TPSA) is 18.5 Å². The standard InChI is InChI=1S/C15H20F6O2/c1-2-3-4-5-6-7-8-9-10-13(22-11-14(16,17)18)23-12-15(19,20)21/h3-6,9-10,13H,2,7-8,11-12H2,1H3/b4-3+,6-5+,10-9+. The Morgan fingerprint density at radius 3 is 1.74 bits per heavy atom. The van der Waals surface area contributed by atoms with Gasteiger partial charge >= 0.3 is 12.4 Å². The third kappa shape index (κ3) is 16.9. The second-order valence-corrected chi connectivity index (χ2v) is 4.49. The molecule has 0 spiro atoms. The van der Waals surface area contributed by atoms with E-state index in [1.807, 2.05) is 31.2 Å². The SMILES string of the molecule is CC/C=C/C=C/CC/C=C/C(OCC(F)(F)F)OCC(F)(F)F. The first kappa shape index (κ1) is 21.7. The molecule has 0 amide bonds. The van der Waals surface area contributed by atoms with Crippen molar-refractivity contribution >= 4 is 0 Å². The van der Waals surface area contributed by atoms with Crippen LogP contribution in [0.4, 0.5) is 26.3 Å². The quantitative estimate of drug-likeness (QED) is 0.175. The molecule has 0 rings (SSSR count). The second-order valence-electron chi connectivity index (χ2n) is 4.49. The summed E-state index contributed by atoms with van der Waals surface area (Å²) in [5.41, 5.74) is 0. The zero-order chi connectivity index (χ0) is 17.8. The van der Waals surface area contributed by atoms with Gasteiger partial charge in [0.2, 0.25) is 0 Å². The molecule has 0 atom stereocenters. The Hall–Kier alpha value is -1.28. The van der Waals surface area contributed by atoms with Gasteiger partial charge in [-0.3, -0.25) is 0 Å². The molecule has 0 aliphatic carbocycles. The molecule has 0 bridgehead atoms. The van der Waals surface area contributed by atoms with Crippen molar-refractivity contribution < 1.29 is 35.8 Å². The minimum Gasteiger partial charge on any atom is -0.340 e. The lowest BCUT2D eigenvalue weighted by atomic mass is 10.2. The number of rotatable bonds is 10. The van der Waals surface area contributed by atoms with E-state index in [0.29, 0.717) is 12.8 Å². The first-order valence-corrected chi connectivity index (χ1v) is 6.99. The average Bonchev–Trinajstić information content (AvgIpc) is 2.41. The van der Waals surface area contributed by atoms with Crippen molar-refractivity contribution in [2.24, 2.45) is 0 Å². The smallest absolute Gasteiger partial charge is 0.340 e. The van der Waals surface area contributed by atoms with Crippen LogP contribution in [0, 0.1) is 0 Å². The largest absolute Gasteiger partial charge is 0.411 e. The molecular weight excluding hydrogens is 326 g/mol. The molecule has 0 fully saturated rings. The van der Waals surface area contributed by atoms with Crippen LogP contribution in [0.15, 0.2) is 36.5 Å². The number of hydrogen-bond donors (Lipinski definition) is 0. The summed E-state index contributed by atoms with van der Waals surface area (Å²) in [5, 5.41) is 0. The van der Waals surface area contributed by atoms with E-state index in [0.717, 1.165) is 12.5 Å². The lowest BCUT2D eigenvalue weighted by Crippen LogP contribution is -2.28. The Morgan fingerprint density at radius 2 is 1.26 bits per heavy atom. The number of unbranched alkanes of at least 4 members (excludes halogenated alkanes) is 1. The predicted octanol–water partition coefficient (Wildman–Crippen LogP) is 5.33. The Balaban J connectivity index is 4.29. The fourth-order valence-electron chi connectivity index (χ4n) is 1.30. The van der Waals surface area contributed by atoms with Crippen LogP contribution in [-0.2, 0) is 9.47 Å². The monoisotopic (exact) mass is 346 g/mol. The van der Waals surface area contributed by atoms with Gasteiger partial charge in [-0.05, 0) is 25.3 Å². The summed E-state index contributed by atoms with van der Waals surface area (Å²) >= 11 is 0. The lowest BCUT2D eigenvalue weighted by molar-refractivity contribution is -0.246. The molecule has 0 saturated heterocycles. The van der Waals surface area contributed by atoms with Crippen LogP contribution in [0.1, 0.15) is 26.2 Å². The Kier molecular flexibility index (Phi) is 10.7. The highest BCUT2D eigenvalue weighted by molar-refractivity contribution is 5.02. The maximum atomic E-state index is 12.0. The first-order valence-electron chi connectivity index (χ1n) is 6.99. The molecule has 0 aromatic carbocycles. The number of alkyl halides is 6. The van der Waals surface area contributed by atoms with Gasteiger partial charge in [-0.25, -0.2) is 0 Å². The fourth-order valence-corrected chi connectivity index (χ4v) is 1.30. The molecule has 0 aromatic heterocycles.